The fraction of sp³-hybridized carbons (Fsp3) is 0. The van der Waals surface area contributed by atoms with Gasteiger partial charge in [0, 0.05) is 38.2 Å². The van der Waals surface area contributed by atoms with Crippen LogP contribution in [0.5, 0.6) is 0 Å². The van der Waals surface area contributed by atoms with E-state index in [0.717, 1.165) is 83.0 Å². The van der Waals surface area contributed by atoms with Gasteiger partial charge >= 0.3 is 0 Å². The number of nitriles is 1. The summed E-state index contributed by atoms with van der Waals surface area (Å²) < 4.78 is 6.47. The van der Waals surface area contributed by atoms with E-state index in [1.165, 1.54) is 0 Å². The first kappa shape index (κ1) is 28.4. The summed E-state index contributed by atoms with van der Waals surface area (Å²) in [6.45, 7) is 0. The van der Waals surface area contributed by atoms with E-state index in [-0.39, 0.29) is 0 Å². The molecule has 0 saturated heterocycles. The van der Waals surface area contributed by atoms with Crippen molar-refractivity contribution in [2.75, 3.05) is 0 Å². The molecule has 0 spiro atoms. The van der Waals surface area contributed by atoms with Gasteiger partial charge in [-0.25, -0.2) is 9.97 Å². The quantitative estimate of drug-likeness (QED) is 0.191. The van der Waals surface area contributed by atoms with E-state index >= 15 is 0 Å². The van der Waals surface area contributed by atoms with Gasteiger partial charge in [0.05, 0.1) is 23.0 Å². The van der Waals surface area contributed by atoms with Crippen molar-refractivity contribution in [3.05, 3.63) is 169 Å². The van der Waals surface area contributed by atoms with Gasteiger partial charge in [0.2, 0.25) is 0 Å². The lowest BCUT2D eigenvalue weighted by atomic mass is 9.94. The second-order valence-electron chi connectivity index (χ2n) is 12.1. The van der Waals surface area contributed by atoms with E-state index in [0.29, 0.717) is 11.4 Å². The fourth-order valence-corrected chi connectivity index (χ4v) is 6.77. The van der Waals surface area contributed by atoms with E-state index in [1.54, 1.807) is 0 Å². The zero-order valence-electron chi connectivity index (χ0n) is 26.3. The third-order valence-electron chi connectivity index (χ3n) is 9.12. The number of rotatable bonds is 5. The van der Waals surface area contributed by atoms with Gasteiger partial charge in [-0.15, -0.1) is 0 Å². The van der Waals surface area contributed by atoms with Crippen molar-refractivity contribution < 1.29 is 4.42 Å². The summed E-state index contributed by atoms with van der Waals surface area (Å²) >= 11 is 0. The highest BCUT2D eigenvalue weighted by atomic mass is 16.3. The molecule has 2 aromatic heterocycles. The lowest BCUT2D eigenvalue weighted by Crippen LogP contribution is -1.96. The third-order valence-corrected chi connectivity index (χ3v) is 9.12. The van der Waals surface area contributed by atoms with E-state index in [1.807, 2.05) is 91.0 Å². The van der Waals surface area contributed by atoms with Crippen LogP contribution in [-0.2, 0) is 0 Å². The lowest BCUT2D eigenvalue weighted by Gasteiger charge is -2.11. The van der Waals surface area contributed by atoms with Crippen LogP contribution in [0.15, 0.2) is 168 Å². The maximum atomic E-state index is 10.0. The summed E-state index contributed by atoms with van der Waals surface area (Å²) in [5, 5.41) is 13.8. The Morgan fingerprint density at radius 3 is 1.76 bits per heavy atom. The van der Waals surface area contributed by atoms with Crippen molar-refractivity contribution in [3.8, 4) is 62.2 Å². The summed E-state index contributed by atoms with van der Waals surface area (Å²) in [6, 6.07) is 58.0. The van der Waals surface area contributed by atoms with Gasteiger partial charge in [-0.05, 0) is 52.6 Å². The maximum Gasteiger partial charge on any atom is 0.160 e. The smallest absolute Gasteiger partial charge is 0.160 e. The number of aromatic nitrogens is 2. The van der Waals surface area contributed by atoms with Gasteiger partial charge in [0.1, 0.15) is 11.2 Å². The van der Waals surface area contributed by atoms with Crippen LogP contribution >= 0.6 is 0 Å². The zero-order chi connectivity index (χ0) is 32.7. The molecule has 0 aliphatic rings. The lowest BCUT2D eigenvalue weighted by molar-refractivity contribution is 0.673. The molecule has 0 radical (unpaired) electrons. The van der Waals surface area contributed by atoms with Crippen LogP contribution in [-0.4, -0.2) is 9.97 Å². The van der Waals surface area contributed by atoms with Gasteiger partial charge in [-0.2, -0.15) is 5.26 Å². The minimum Gasteiger partial charge on any atom is -0.455 e. The van der Waals surface area contributed by atoms with Crippen molar-refractivity contribution in [2.45, 2.75) is 0 Å². The Balaban J connectivity index is 1.17. The van der Waals surface area contributed by atoms with Crippen molar-refractivity contribution >= 4 is 32.7 Å². The number of furan rings is 1. The molecule has 0 atom stereocenters. The molecule has 9 aromatic rings. The summed E-state index contributed by atoms with van der Waals surface area (Å²) in [7, 11) is 0. The molecular weight excluding hydrogens is 599 g/mol. The van der Waals surface area contributed by atoms with Crippen molar-refractivity contribution in [1.29, 1.82) is 5.26 Å². The second kappa shape index (κ2) is 11.8. The Morgan fingerprint density at radius 1 is 0.449 bits per heavy atom. The van der Waals surface area contributed by atoms with E-state index in [9.17, 15) is 5.26 Å². The Labute approximate surface area is 283 Å². The normalized spacial score (nSPS) is 11.2. The first-order valence-corrected chi connectivity index (χ1v) is 16.2. The molecule has 4 nitrogen and oxygen atoms in total. The van der Waals surface area contributed by atoms with E-state index < -0.39 is 0 Å². The standard InChI is InChI=1S/C45H27N3O/c46-28-35-26-39-43-37(22-11-23-42(43)49-44(39)38-21-8-7-20-36(35)38)33-18-9-16-31(24-33)32-17-10-19-34(25-32)41-27-40(29-12-3-1-4-13-29)47-45(48-41)30-14-5-2-6-15-30/h1-27H. The molecule has 4 heteroatoms. The Kier molecular flexibility index (Phi) is 6.81. The Morgan fingerprint density at radius 2 is 1.02 bits per heavy atom. The molecule has 228 valence electrons. The van der Waals surface area contributed by atoms with Crippen LogP contribution in [0.4, 0.5) is 0 Å². The van der Waals surface area contributed by atoms with Gasteiger partial charge < -0.3 is 4.42 Å². The summed E-state index contributed by atoms with van der Waals surface area (Å²) in [5.74, 6) is 0.692. The molecule has 0 fully saturated rings. The minimum atomic E-state index is 0.640. The molecule has 0 N–H and O–H groups in total. The molecule has 0 unspecified atom stereocenters. The zero-order valence-corrected chi connectivity index (χ0v) is 26.3. The molecule has 49 heavy (non-hydrogen) atoms. The fourth-order valence-electron chi connectivity index (χ4n) is 6.77. The van der Waals surface area contributed by atoms with Gasteiger partial charge in [0.25, 0.3) is 0 Å². The highest BCUT2D eigenvalue weighted by Crippen LogP contribution is 2.41. The predicted molar refractivity (Wildman–Crippen MR) is 199 cm³/mol. The van der Waals surface area contributed by atoms with Gasteiger partial charge in [0.15, 0.2) is 5.82 Å². The van der Waals surface area contributed by atoms with Gasteiger partial charge in [-0.1, -0.05) is 133 Å². The maximum absolute atomic E-state index is 10.0. The van der Waals surface area contributed by atoms with Crippen LogP contribution < -0.4 is 0 Å². The molecule has 0 aliphatic heterocycles. The average molecular weight is 626 g/mol. The van der Waals surface area contributed by atoms with Crippen LogP contribution in [0.25, 0.3) is 88.9 Å². The van der Waals surface area contributed by atoms with Gasteiger partial charge in [-0.3, -0.25) is 0 Å². The molecule has 9 rings (SSSR count). The van der Waals surface area contributed by atoms with Crippen molar-refractivity contribution in [3.63, 3.8) is 0 Å². The minimum absolute atomic E-state index is 0.640. The third kappa shape index (κ3) is 5.02. The molecule has 0 bridgehead atoms. The predicted octanol–water partition coefficient (Wildman–Crippen LogP) is 11.7. The summed E-state index contributed by atoms with van der Waals surface area (Å²) in [6.07, 6.45) is 0. The average Bonchev–Trinajstić information content (AvgIpc) is 3.57. The number of hydrogen-bond acceptors (Lipinski definition) is 4. The molecule has 2 heterocycles. The molecular formula is C45H27N3O. The number of fused-ring (bicyclic) bond motifs is 5. The number of nitrogens with zero attached hydrogens (tertiary/aromatic N) is 3. The monoisotopic (exact) mass is 625 g/mol. The summed E-state index contributed by atoms with van der Waals surface area (Å²) in [4.78, 5) is 10.0. The van der Waals surface area contributed by atoms with Crippen LogP contribution in [0, 0.1) is 11.3 Å². The summed E-state index contributed by atoms with van der Waals surface area (Å²) in [5.41, 5.74) is 11.3. The SMILES string of the molecule is N#Cc1cc2c(oc3cccc(-c4cccc(-c5cccc(-c6cc(-c7ccccc7)nc(-c7ccccc7)n6)c5)c4)c32)c2ccccc12. The van der Waals surface area contributed by atoms with Crippen molar-refractivity contribution in [2.24, 2.45) is 0 Å². The van der Waals surface area contributed by atoms with Crippen LogP contribution in [0.1, 0.15) is 5.56 Å². The number of hydrogen-bond donors (Lipinski definition) is 0. The Bertz CT molecular complexity index is 2660. The van der Waals surface area contributed by atoms with E-state index in [2.05, 4.69) is 78.9 Å². The number of benzene rings is 7. The molecule has 0 saturated carbocycles. The Hall–Kier alpha value is -6.83. The largest absolute Gasteiger partial charge is 0.455 e. The first-order valence-electron chi connectivity index (χ1n) is 16.2. The van der Waals surface area contributed by atoms with E-state index in [4.69, 9.17) is 14.4 Å². The van der Waals surface area contributed by atoms with Crippen LogP contribution in [0.3, 0.4) is 0 Å². The highest BCUT2D eigenvalue weighted by Gasteiger charge is 2.17. The highest BCUT2D eigenvalue weighted by molar-refractivity contribution is 6.20. The second-order valence-corrected chi connectivity index (χ2v) is 12.1. The topological polar surface area (TPSA) is 62.7 Å². The van der Waals surface area contributed by atoms with Crippen molar-refractivity contribution in [1.82, 2.24) is 9.97 Å². The molecule has 0 amide bonds. The van der Waals surface area contributed by atoms with Crippen LogP contribution in [0.2, 0.25) is 0 Å². The first-order chi connectivity index (χ1) is 24.2. The molecule has 7 aromatic carbocycles. The molecule has 0 aliphatic carbocycles.